The summed E-state index contributed by atoms with van der Waals surface area (Å²) in [7, 11) is -3.73. The van der Waals surface area contributed by atoms with Crippen molar-refractivity contribution in [1.82, 2.24) is 14.4 Å². The van der Waals surface area contributed by atoms with Crippen LogP contribution < -0.4 is 4.90 Å². The molecule has 0 aliphatic carbocycles. The Morgan fingerprint density at radius 1 is 1.24 bits per heavy atom. The normalized spacial score (nSPS) is 16.6. The van der Waals surface area contributed by atoms with Gasteiger partial charge in [-0.05, 0) is 18.2 Å². The highest BCUT2D eigenvalue weighted by Gasteiger charge is 2.30. The molecule has 0 saturated carbocycles. The number of aromatic nitrogens is 2. The first-order valence-corrected chi connectivity index (χ1v) is 9.64. The SMILES string of the molecule is CC(C)c1noc(N2CCN(S(=O)(=O)c3ccc(F)c(Cl)c3)CC2)n1. The second-order valence-electron chi connectivity index (χ2n) is 6.06. The van der Waals surface area contributed by atoms with E-state index in [1.54, 1.807) is 0 Å². The number of halogens is 2. The van der Waals surface area contributed by atoms with Gasteiger partial charge in [-0.1, -0.05) is 30.6 Å². The highest BCUT2D eigenvalue weighted by molar-refractivity contribution is 7.89. The van der Waals surface area contributed by atoms with Gasteiger partial charge in [-0.15, -0.1) is 0 Å². The van der Waals surface area contributed by atoms with Gasteiger partial charge in [0.1, 0.15) is 5.82 Å². The molecule has 2 heterocycles. The van der Waals surface area contributed by atoms with Gasteiger partial charge >= 0.3 is 6.01 Å². The van der Waals surface area contributed by atoms with Crippen LogP contribution in [0.1, 0.15) is 25.6 Å². The average Bonchev–Trinajstić information content (AvgIpc) is 3.08. The lowest BCUT2D eigenvalue weighted by Crippen LogP contribution is -2.48. The van der Waals surface area contributed by atoms with E-state index in [-0.39, 0.29) is 28.9 Å². The molecule has 10 heteroatoms. The second-order valence-corrected chi connectivity index (χ2v) is 8.40. The Morgan fingerprint density at radius 3 is 2.48 bits per heavy atom. The molecular formula is C15H18ClFN4O3S. The van der Waals surface area contributed by atoms with Crippen LogP contribution >= 0.6 is 11.6 Å². The van der Waals surface area contributed by atoms with Gasteiger partial charge in [0.2, 0.25) is 10.0 Å². The number of rotatable bonds is 4. The summed E-state index contributed by atoms with van der Waals surface area (Å²) in [6.45, 7) is 5.30. The summed E-state index contributed by atoms with van der Waals surface area (Å²) in [5.74, 6) is 0.121. The van der Waals surface area contributed by atoms with Crippen molar-refractivity contribution >= 4 is 27.6 Å². The number of hydrogen-bond acceptors (Lipinski definition) is 6. The lowest BCUT2D eigenvalue weighted by atomic mass is 10.2. The van der Waals surface area contributed by atoms with Crippen molar-refractivity contribution in [2.45, 2.75) is 24.7 Å². The summed E-state index contributed by atoms with van der Waals surface area (Å²) in [5, 5.41) is 3.70. The molecule has 25 heavy (non-hydrogen) atoms. The fourth-order valence-corrected chi connectivity index (χ4v) is 4.19. The molecular weight excluding hydrogens is 371 g/mol. The number of nitrogens with zero attached hydrogens (tertiary/aromatic N) is 4. The molecule has 3 rings (SSSR count). The molecule has 0 spiro atoms. The minimum absolute atomic E-state index is 0.0211. The molecule has 2 aromatic rings. The largest absolute Gasteiger partial charge is 0.324 e. The quantitative estimate of drug-likeness (QED) is 0.800. The number of benzene rings is 1. The topological polar surface area (TPSA) is 79.5 Å². The Morgan fingerprint density at radius 2 is 1.92 bits per heavy atom. The van der Waals surface area contributed by atoms with Gasteiger partial charge in [-0.25, -0.2) is 12.8 Å². The third kappa shape index (κ3) is 3.63. The van der Waals surface area contributed by atoms with Crippen LogP contribution in [0, 0.1) is 5.82 Å². The molecule has 1 saturated heterocycles. The Labute approximate surface area is 150 Å². The number of piperazine rings is 1. The summed E-state index contributed by atoms with van der Waals surface area (Å²) in [4.78, 5) is 6.15. The number of anilines is 1. The highest BCUT2D eigenvalue weighted by atomic mass is 35.5. The van der Waals surface area contributed by atoms with Crippen molar-refractivity contribution in [2.24, 2.45) is 0 Å². The lowest BCUT2D eigenvalue weighted by Gasteiger charge is -2.32. The zero-order valence-electron chi connectivity index (χ0n) is 13.8. The third-order valence-corrected chi connectivity index (χ3v) is 6.17. The monoisotopic (exact) mass is 388 g/mol. The van der Waals surface area contributed by atoms with Crippen LogP contribution in [0.25, 0.3) is 0 Å². The predicted octanol–water partition coefficient (Wildman–Crippen LogP) is 2.50. The van der Waals surface area contributed by atoms with Crippen LogP contribution in [0.3, 0.4) is 0 Å². The standard InChI is InChI=1S/C15H18ClFN4O3S/c1-10(2)14-18-15(24-19-14)20-5-7-21(8-6-20)25(22,23)11-3-4-13(17)12(16)9-11/h3-4,9-10H,5-8H2,1-2H3. The molecule has 0 N–H and O–H groups in total. The van der Waals surface area contributed by atoms with E-state index in [0.717, 1.165) is 12.1 Å². The molecule has 1 aliphatic heterocycles. The van der Waals surface area contributed by atoms with Gasteiger partial charge in [0.25, 0.3) is 0 Å². The average molecular weight is 389 g/mol. The van der Waals surface area contributed by atoms with E-state index in [0.29, 0.717) is 24.9 Å². The summed E-state index contributed by atoms with van der Waals surface area (Å²) in [6, 6.07) is 3.80. The van der Waals surface area contributed by atoms with Crippen LogP contribution in [0.15, 0.2) is 27.6 Å². The smallest absolute Gasteiger partial charge is 0.322 e. The molecule has 0 amide bonds. The first kappa shape index (κ1) is 18.1. The Hall–Kier alpha value is -1.71. The Balaban J connectivity index is 1.71. The molecule has 1 aliphatic rings. The number of hydrogen-bond donors (Lipinski definition) is 0. The molecule has 1 aromatic heterocycles. The van der Waals surface area contributed by atoms with Crippen LogP contribution in [0.2, 0.25) is 5.02 Å². The van der Waals surface area contributed by atoms with Gasteiger partial charge in [-0.2, -0.15) is 9.29 Å². The Bertz CT molecular complexity index is 863. The fraction of sp³-hybridized carbons (Fsp3) is 0.467. The molecule has 0 atom stereocenters. The zero-order chi connectivity index (χ0) is 18.2. The van der Waals surface area contributed by atoms with Crippen LogP contribution in [0.5, 0.6) is 0 Å². The van der Waals surface area contributed by atoms with Crippen molar-refractivity contribution < 1.29 is 17.3 Å². The zero-order valence-corrected chi connectivity index (χ0v) is 15.4. The number of sulfonamides is 1. The van der Waals surface area contributed by atoms with Gasteiger partial charge in [0, 0.05) is 32.1 Å². The van der Waals surface area contributed by atoms with Crippen LogP contribution in [0.4, 0.5) is 10.4 Å². The first-order chi connectivity index (χ1) is 11.8. The van der Waals surface area contributed by atoms with Gasteiger partial charge < -0.3 is 9.42 Å². The molecule has 0 bridgehead atoms. The summed E-state index contributed by atoms with van der Waals surface area (Å²) < 4.78 is 45.2. The maximum atomic E-state index is 13.3. The van der Waals surface area contributed by atoms with E-state index >= 15 is 0 Å². The van der Waals surface area contributed by atoms with E-state index in [4.69, 9.17) is 16.1 Å². The lowest BCUT2D eigenvalue weighted by molar-refractivity contribution is 0.353. The maximum absolute atomic E-state index is 13.3. The minimum atomic E-state index is -3.73. The van der Waals surface area contributed by atoms with Crippen molar-refractivity contribution in [3.05, 3.63) is 34.9 Å². The summed E-state index contributed by atoms with van der Waals surface area (Å²) in [5.41, 5.74) is 0. The van der Waals surface area contributed by atoms with Gasteiger partial charge in [0.15, 0.2) is 5.82 Å². The van der Waals surface area contributed by atoms with E-state index in [1.165, 1.54) is 10.4 Å². The Kier molecular flexibility index (Phi) is 4.99. The van der Waals surface area contributed by atoms with Crippen molar-refractivity contribution in [1.29, 1.82) is 0 Å². The first-order valence-electron chi connectivity index (χ1n) is 7.83. The molecule has 136 valence electrons. The van der Waals surface area contributed by atoms with E-state index in [2.05, 4.69) is 10.1 Å². The minimum Gasteiger partial charge on any atom is -0.322 e. The molecule has 7 nitrogen and oxygen atoms in total. The van der Waals surface area contributed by atoms with E-state index in [1.807, 2.05) is 18.7 Å². The van der Waals surface area contributed by atoms with Gasteiger partial charge in [0.05, 0.1) is 9.92 Å². The van der Waals surface area contributed by atoms with Gasteiger partial charge in [-0.3, -0.25) is 0 Å². The van der Waals surface area contributed by atoms with Crippen molar-refractivity contribution in [2.75, 3.05) is 31.1 Å². The molecule has 0 unspecified atom stereocenters. The highest BCUT2D eigenvalue weighted by Crippen LogP contribution is 2.24. The third-order valence-electron chi connectivity index (χ3n) is 3.99. The summed E-state index contributed by atoms with van der Waals surface area (Å²) in [6.07, 6.45) is 0. The molecule has 0 radical (unpaired) electrons. The second kappa shape index (κ2) is 6.89. The molecule has 1 fully saturated rings. The van der Waals surface area contributed by atoms with Crippen molar-refractivity contribution in [3.8, 4) is 0 Å². The fourth-order valence-electron chi connectivity index (χ4n) is 2.50. The predicted molar refractivity (Wildman–Crippen MR) is 90.8 cm³/mol. The molecule has 1 aromatic carbocycles. The van der Waals surface area contributed by atoms with Crippen LogP contribution in [-0.2, 0) is 10.0 Å². The van der Waals surface area contributed by atoms with E-state index < -0.39 is 15.8 Å². The summed E-state index contributed by atoms with van der Waals surface area (Å²) >= 11 is 5.70. The van der Waals surface area contributed by atoms with Crippen molar-refractivity contribution in [3.63, 3.8) is 0 Å². The van der Waals surface area contributed by atoms with E-state index in [9.17, 15) is 12.8 Å². The maximum Gasteiger partial charge on any atom is 0.324 e. The van der Waals surface area contributed by atoms with Crippen LogP contribution in [-0.4, -0.2) is 49.0 Å².